The number of anilines is 1. The largest absolute Gasteiger partial charge is 0.389 e. The van der Waals surface area contributed by atoms with Gasteiger partial charge >= 0.3 is 6.03 Å². The van der Waals surface area contributed by atoms with Gasteiger partial charge in [-0.05, 0) is 48.4 Å². The van der Waals surface area contributed by atoms with Crippen LogP contribution in [0.1, 0.15) is 48.1 Å². The van der Waals surface area contributed by atoms with Gasteiger partial charge < -0.3 is 30.7 Å². The minimum absolute atomic E-state index is 0.0120. The van der Waals surface area contributed by atoms with Gasteiger partial charge in [-0.3, -0.25) is 4.79 Å². The highest BCUT2D eigenvalue weighted by Gasteiger charge is 2.36. The Morgan fingerprint density at radius 1 is 1.20 bits per heavy atom. The molecule has 35 heavy (non-hydrogen) atoms. The molecule has 0 aliphatic carbocycles. The summed E-state index contributed by atoms with van der Waals surface area (Å²) < 4.78 is 5.80. The molecule has 0 spiro atoms. The number of carbonyl (C=O) groups is 2. The maximum absolute atomic E-state index is 12.9. The molecule has 3 aliphatic heterocycles. The molecule has 2 aromatic rings. The Morgan fingerprint density at radius 3 is 2.91 bits per heavy atom. The average Bonchev–Trinajstić information content (AvgIpc) is 3.38. The van der Waals surface area contributed by atoms with Gasteiger partial charge in [0.1, 0.15) is 0 Å². The van der Waals surface area contributed by atoms with Gasteiger partial charge in [0.15, 0.2) is 0 Å². The zero-order valence-corrected chi connectivity index (χ0v) is 20.6. The molecule has 0 saturated carbocycles. The first-order chi connectivity index (χ1) is 17.0. The number of fused-ring (bicyclic) bond motifs is 4. The highest BCUT2D eigenvalue weighted by atomic mass is 32.2. The standard InChI is InChI=1S/C26H32N4O4S/c1-35-24-7-3-2-5-17(24)21-6-4-10-30(21)25(32)14-28-26(33)27-13-16-8-9-19-18(11-16)23-12-20(29-19)22(31)15-34-23/h2-3,5,7-9,11,20-23,29,31H,4,6,10,12-15H2,1H3,(H2,27,28,33)/t20-,21?,22-,23+/m1/s1. The molecular weight excluding hydrogens is 464 g/mol. The van der Waals surface area contributed by atoms with Crippen molar-refractivity contribution in [3.05, 3.63) is 59.2 Å². The van der Waals surface area contributed by atoms with Crippen molar-refractivity contribution in [1.82, 2.24) is 15.5 Å². The van der Waals surface area contributed by atoms with Crippen LogP contribution in [-0.4, -0.2) is 60.0 Å². The predicted octanol–water partition coefficient (Wildman–Crippen LogP) is 3.19. The van der Waals surface area contributed by atoms with Gasteiger partial charge in [0, 0.05) is 35.7 Å². The molecule has 2 fully saturated rings. The first-order valence-electron chi connectivity index (χ1n) is 12.2. The molecule has 3 amide bonds. The van der Waals surface area contributed by atoms with Crippen LogP contribution in [0, 0.1) is 0 Å². The third-order valence-corrected chi connectivity index (χ3v) is 7.94. The monoisotopic (exact) mass is 496 g/mol. The van der Waals surface area contributed by atoms with E-state index in [-0.39, 0.29) is 36.7 Å². The lowest BCUT2D eigenvalue weighted by Crippen LogP contribution is -2.46. The molecule has 3 heterocycles. The van der Waals surface area contributed by atoms with E-state index in [0.29, 0.717) is 19.7 Å². The van der Waals surface area contributed by atoms with Crippen LogP contribution in [0.3, 0.4) is 0 Å². The number of urea groups is 1. The first kappa shape index (κ1) is 24.0. The molecule has 0 aromatic heterocycles. The highest BCUT2D eigenvalue weighted by Crippen LogP contribution is 2.39. The molecule has 2 saturated heterocycles. The van der Waals surface area contributed by atoms with Crippen molar-refractivity contribution in [2.24, 2.45) is 0 Å². The van der Waals surface area contributed by atoms with E-state index in [9.17, 15) is 14.7 Å². The summed E-state index contributed by atoms with van der Waals surface area (Å²) in [4.78, 5) is 28.4. The zero-order chi connectivity index (χ0) is 24.4. The Kier molecular flexibility index (Phi) is 7.17. The van der Waals surface area contributed by atoms with Crippen LogP contribution in [0.4, 0.5) is 10.5 Å². The van der Waals surface area contributed by atoms with Crippen LogP contribution in [0.5, 0.6) is 0 Å². The number of thioether (sulfide) groups is 1. The zero-order valence-electron chi connectivity index (χ0n) is 19.8. The van der Waals surface area contributed by atoms with E-state index in [1.54, 1.807) is 11.8 Å². The second-order valence-electron chi connectivity index (χ2n) is 9.32. The third-order valence-electron chi connectivity index (χ3n) is 7.13. The maximum Gasteiger partial charge on any atom is 0.315 e. The van der Waals surface area contributed by atoms with E-state index >= 15 is 0 Å². The van der Waals surface area contributed by atoms with Gasteiger partial charge in [0.2, 0.25) is 5.91 Å². The number of aliphatic hydroxyl groups is 1. The lowest BCUT2D eigenvalue weighted by atomic mass is 9.89. The number of nitrogens with zero attached hydrogens (tertiary/aromatic N) is 1. The van der Waals surface area contributed by atoms with Crippen molar-refractivity contribution in [2.75, 3.05) is 31.3 Å². The molecule has 2 aromatic carbocycles. The topological polar surface area (TPSA) is 103 Å². The van der Waals surface area contributed by atoms with E-state index in [2.05, 4.69) is 28.1 Å². The minimum atomic E-state index is -0.497. The molecule has 8 nitrogen and oxygen atoms in total. The van der Waals surface area contributed by atoms with E-state index in [0.717, 1.165) is 36.1 Å². The molecule has 5 rings (SSSR count). The van der Waals surface area contributed by atoms with Crippen molar-refractivity contribution in [3.63, 3.8) is 0 Å². The Morgan fingerprint density at radius 2 is 2.06 bits per heavy atom. The van der Waals surface area contributed by atoms with Crippen LogP contribution in [0.2, 0.25) is 0 Å². The lowest BCUT2D eigenvalue weighted by Gasteiger charge is -2.40. The number of benzene rings is 2. The van der Waals surface area contributed by atoms with E-state index in [4.69, 9.17) is 4.74 Å². The SMILES string of the molecule is CSc1ccccc1C1CCCN1C(=O)CNC(=O)NCc1ccc2c(c1)[C@@H]1C[C@@H](N2)[C@H](O)CO1. The highest BCUT2D eigenvalue weighted by molar-refractivity contribution is 7.98. The van der Waals surface area contributed by atoms with Gasteiger partial charge in [-0.15, -0.1) is 11.8 Å². The van der Waals surface area contributed by atoms with Crippen LogP contribution in [-0.2, 0) is 16.1 Å². The molecule has 3 aliphatic rings. The Balaban J connectivity index is 1.14. The fourth-order valence-electron chi connectivity index (χ4n) is 5.31. The second kappa shape index (κ2) is 10.5. The van der Waals surface area contributed by atoms with Crippen molar-refractivity contribution in [2.45, 2.75) is 55.0 Å². The number of carbonyl (C=O) groups excluding carboxylic acids is 2. The average molecular weight is 497 g/mol. The molecule has 1 unspecified atom stereocenters. The lowest BCUT2D eigenvalue weighted by molar-refractivity contribution is -0.131. The first-order valence-corrected chi connectivity index (χ1v) is 13.4. The van der Waals surface area contributed by atoms with Crippen LogP contribution >= 0.6 is 11.8 Å². The summed E-state index contributed by atoms with van der Waals surface area (Å²) in [6, 6.07) is 13.9. The predicted molar refractivity (Wildman–Crippen MR) is 135 cm³/mol. The van der Waals surface area contributed by atoms with Crippen molar-refractivity contribution in [1.29, 1.82) is 0 Å². The molecule has 9 heteroatoms. The molecular formula is C26H32N4O4S. The summed E-state index contributed by atoms with van der Waals surface area (Å²) in [7, 11) is 0. The summed E-state index contributed by atoms with van der Waals surface area (Å²) >= 11 is 1.69. The van der Waals surface area contributed by atoms with Gasteiger partial charge in [0.05, 0.1) is 37.4 Å². The summed E-state index contributed by atoms with van der Waals surface area (Å²) in [5.74, 6) is -0.0652. The van der Waals surface area contributed by atoms with Crippen LogP contribution in [0.15, 0.2) is 47.4 Å². The summed E-state index contributed by atoms with van der Waals surface area (Å²) in [5.41, 5.74) is 4.15. The van der Waals surface area contributed by atoms with E-state index in [1.807, 2.05) is 41.5 Å². The van der Waals surface area contributed by atoms with Crippen LogP contribution in [0.25, 0.3) is 0 Å². The number of amides is 3. The van der Waals surface area contributed by atoms with E-state index < -0.39 is 6.10 Å². The Hall–Kier alpha value is -2.75. The Labute approximate surface area is 209 Å². The number of ether oxygens (including phenoxy) is 1. The van der Waals surface area contributed by atoms with Gasteiger partial charge in [-0.2, -0.15) is 0 Å². The molecule has 186 valence electrons. The molecule has 4 atom stereocenters. The normalized spacial score (nSPS) is 24.9. The quantitative estimate of drug-likeness (QED) is 0.458. The number of aliphatic hydroxyl groups excluding tert-OH is 1. The van der Waals surface area contributed by atoms with Gasteiger partial charge in [0.25, 0.3) is 0 Å². The van der Waals surface area contributed by atoms with Crippen LogP contribution < -0.4 is 16.0 Å². The van der Waals surface area contributed by atoms with Crippen molar-refractivity contribution >= 4 is 29.4 Å². The van der Waals surface area contributed by atoms with Crippen molar-refractivity contribution < 1.29 is 19.4 Å². The summed E-state index contributed by atoms with van der Waals surface area (Å²) in [5, 5.41) is 19.0. The fraction of sp³-hybridized carbons (Fsp3) is 0.462. The van der Waals surface area contributed by atoms with Gasteiger partial charge in [-0.25, -0.2) is 4.79 Å². The van der Waals surface area contributed by atoms with Crippen molar-refractivity contribution in [3.8, 4) is 0 Å². The number of hydrogen-bond donors (Lipinski definition) is 4. The molecule has 2 bridgehead atoms. The number of hydrogen-bond acceptors (Lipinski definition) is 6. The smallest absolute Gasteiger partial charge is 0.315 e. The fourth-order valence-corrected chi connectivity index (χ4v) is 5.97. The number of likely N-dealkylation sites (tertiary alicyclic amines) is 1. The summed E-state index contributed by atoms with van der Waals surface area (Å²) in [6.45, 7) is 1.35. The maximum atomic E-state index is 12.9. The summed E-state index contributed by atoms with van der Waals surface area (Å²) in [6.07, 6.45) is 4.13. The van der Waals surface area contributed by atoms with E-state index in [1.165, 1.54) is 10.5 Å². The Bertz CT molecular complexity index is 1100. The molecule has 0 radical (unpaired) electrons. The minimum Gasteiger partial charge on any atom is -0.389 e. The third kappa shape index (κ3) is 5.12. The number of rotatable bonds is 6. The second-order valence-corrected chi connectivity index (χ2v) is 10.2. The molecule has 4 N–H and O–H groups in total. The van der Waals surface area contributed by atoms with Gasteiger partial charge in [-0.1, -0.05) is 24.3 Å². The number of nitrogens with one attached hydrogen (secondary N) is 3.